The van der Waals surface area contributed by atoms with Gasteiger partial charge in [-0.2, -0.15) is 18.4 Å². The van der Waals surface area contributed by atoms with Gasteiger partial charge in [0.05, 0.1) is 11.3 Å². The van der Waals surface area contributed by atoms with Crippen LogP contribution in [0.3, 0.4) is 0 Å². The quantitative estimate of drug-likeness (QED) is 0.862. The van der Waals surface area contributed by atoms with Gasteiger partial charge in [-0.15, -0.1) is 0 Å². The minimum atomic E-state index is -4.44. The number of hydrogen-bond donors (Lipinski definition) is 0. The van der Waals surface area contributed by atoms with E-state index in [1.807, 2.05) is 6.07 Å². The van der Waals surface area contributed by atoms with Crippen molar-refractivity contribution in [2.24, 2.45) is 0 Å². The molecule has 112 valence electrons. The first kappa shape index (κ1) is 15.3. The van der Waals surface area contributed by atoms with Crippen LogP contribution in [-0.2, 0) is 0 Å². The van der Waals surface area contributed by atoms with Crippen molar-refractivity contribution in [3.8, 4) is 6.07 Å². The lowest BCUT2D eigenvalue weighted by atomic mass is 9.91. The summed E-state index contributed by atoms with van der Waals surface area (Å²) in [5, 5.41) is 8.81. The molecule has 0 N–H and O–H groups in total. The van der Waals surface area contributed by atoms with E-state index in [-0.39, 0.29) is 11.7 Å². The molecule has 1 aromatic rings. The van der Waals surface area contributed by atoms with Crippen molar-refractivity contribution in [1.82, 2.24) is 9.88 Å². The van der Waals surface area contributed by atoms with Gasteiger partial charge in [-0.3, -0.25) is 4.79 Å². The molecular weight excluding hydrogens is 283 g/mol. The van der Waals surface area contributed by atoms with Crippen LogP contribution < -0.4 is 0 Å². The molecule has 1 aliphatic carbocycles. The highest BCUT2D eigenvalue weighted by molar-refractivity contribution is 5.92. The van der Waals surface area contributed by atoms with Gasteiger partial charge in [0.25, 0.3) is 5.91 Å². The van der Waals surface area contributed by atoms with Crippen molar-refractivity contribution in [3.05, 3.63) is 29.1 Å². The molecule has 0 atom stereocenters. The maximum absolute atomic E-state index is 12.6. The van der Waals surface area contributed by atoms with E-state index in [4.69, 9.17) is 5.26 Å². The molecule has 4 nitrogen and oxygen atoms in total. The number of pyridine rings is 1. The van der Waals surface area contributed by atoms with E-state index >= 15 is 0 Å². The lowest BCUT2D eigenvalue weighted by Gasteiger charge is -2.37. The summed E-state index contributed by atoms with van der Waals surface area (Å²) in [6.45, 7) is 0.282. The van der Waals surface area contributed by atoms with Crippen LogP contribution in [-0.4, -0.2) is 34.6 Å². The standard InChI is InChI=1S/C14H14F3N3O/c1-9-10(7-18)5-6-12(19-9)13(21)20(8-14(15,16)17)11-3-2-4-11/h5-6,11H,2-4,8H2,1H3. The van der Waals surface area contributed by atoms with E-state index in [0.717, 1.165) is 11.3 Å². The fraction of sp³-hybridized carbons (Fsp3) is 0.500. The molecule has 0 unspecified atom stereocenters. The van der Waals surface area contributed by atoms with E-state index < -0.39 is 18.6 Å². The third-order valence-electron chi connectivity index (χ3n) is 3.55. The molecule has 2 rings (SSSR count). The molecule has 0 aliphatic heterocycles. The Kier molecular flexibility index (Phi) is 4.16. The van der Waals surface area contributed by atoms with Gasteiger partial charge in [-0.05, 0) is 38.3 Å². The fourth-order valence-electron chi connectivity index (χ4n) is 2.20. The number of aryl methyl sites for hydroxylation is 1. The summed E-state index contributed by atoms with van der Waals surface area (Å²) >= 11 is 0. The number of aromatic nitrogens is 1. The molecular formula is C14H14F3N3O. The number of alkyl halides is 3. The monoisotopic (exact) mass is 297 g/mol. The summed E-state index contributed by atoms with van der Waals surface area (Å²) in [6, 6.07) is 4.24. The van der Waals surface area contributed by atoms with Gasteiger partial charge in [0, 0.05) is 6.04 Å². The van der Waals surface area contributed by atoms with Crippen molar-refractivity contribution in [3.63, 3.8) is 0 Å². The molecule has 1 amide bonds. The number of nitriles is 1. The largest absolute Gasteiger partial charge is 0.406 e. The molecule has 0 bridgehead atoms. The van der Waals surface area contributed by atoms with Crippen LogP contribution in [0.1, 0.15) is 41.0 Å². The summed E-state index contributed by atoms with van der Waals surface area (Å²) in [5.41, 5.74) is 0.587. The molecule has 1 saturated carbocycles. The number of hydrogen-bond acceptors (Lipinski definition) is 3. The van der Waals surface area contributed by atoms with Gasteiger partial charge in [0.1, 0.15) is 18.3 Å². The first-order valence-electron chi connectivity index (χ1n) is 6.57. The van der Waals surface area contributed by atoms with Crippen molar-refractivity contribution in [2.45, 2.75) is 38.4 Å². The highest BCUT2D eigenvalue weighted by Gasteiger charge is 2.39. The number of amides is 1. The second-order valence-electron chi connectivity index (χ2n) is 5.07. The average Bonchev–Trinajstić information content (AvgIpc) is 2.33. The van der Waals surface area contributed by atoms with Crippen LogP contribution in [0.15, 0.2) is 12.1 Å². The van der Waals surface area contributed by atoms with Crippen molar-refractivity contribution in [2.75, 3.05) is 6.54 Å². The minimum absolute atomic E-state index is 0.0531. The van der Waals surface area contributed by atoms with Gasteiger partial charge < -0.3 is 4.90 Å². The Labute approximate surface area is 120 Å². The number of carbonyl (C=O) groups excluding carboxylic acids is 1. The summed E-state index contributed by atoms with van der Waals surface area (Å²) in [6.07, 6.45) is -2.45. The van der Waals surface area contributed by atoms with E-state index in [2.05, 4.69) is 4.98 Å². The summed E-state index contributed by atoms with van der Waals surface area (Å²) < 4.78 is 37.9. The van der Waals surface area contributed by atoms with Crippen LogP contribution in [0.25, 0.3) is 0 Å². The fourth-order valence-corrected chi connectivity index (χ4v) is 2.20. The Bertz CT molecular complexity index is 588. The molecule has 21 heavy (non-hydrogen) atoms. The molecule has 1 fully saturated rings. The molecule has 1 heterocycles. The Morgan fingerprint density at radius 2 is 2.14 bits per heavy atom. The van der Waals surface area contributed by atoms with E-state index in [1.54, 1.807) is 6.92 Å². The van der Waals surface area contributed by atoms with Gasteiger partial charge in [-0.1, -0.05) is 0 Å². The second kappa shape index (κ2) is 5.72. The smallest absolute Gasteiger partial charge is 0.325 e. The topological polar surface area (TPSA) is 57.0 Å². The molecule has 0 radical (unpaired) electrons. The average molecular weight is 297 g/mol. The molecule has 7 heteroatoms. The summed E-state index contributed by atoms with van der Waals surface area (Å²) in [5.74, 6) is -0.732. The van der Waals surface area contributed by atoms with Gasteiger partial charge in [0.2, 0.25) is 0 Å². The van der Waals surface area contributed by atoms with E-state index in [1.165, 1.54) is 12.1 Å². The first-order valence-corrected chi connectivity index (χ1v) is 6.57. The maximum atomic E-state index is 12.6. The molecule has 1 aromatic heterocycles. The van der Waals surface area contributed by atoms with Gasteiger partial charge >= 0.3 is 6.18 Å². The van der Waals surface area contributed by atoms with Crippen molar-refractivity contribution < 1.29 is 18.0 Å². The SMILES string of the molecule is Cc1nc(C(=O)N(CC(F)(F)F)C2CCC2)ccc1C#N. The Morgan fingerprint density at radius 1 is 1.48 bits per heavy atom. The summed E-state index contributed by atoms with van der Waals surface area (Å²) in [4.78, 5) is 17.1. The molecule has 1 aliphatic rings. The van der Waals surface area contributed by atoms with Crippen LogP contribution >= 0.6 is 0 Å². The first-order chi connectivity index (χ1) is 9.81. The number of nitrogens with zero attached hydrogens (tertiary/aromatic N) is 3. The van der Waals surface area contributed by atoms with Crippen molar-refractivity contribution in [1.29, 1.82) is 5.26 Å². The number of rotatable bonds is 3. The predicted octanol–water partition coefficient (Wildman–Crippen LogP) is 2.82. The van der Waals surface area contributed by atoms with Crippen LogP contribution in [0.4, 0.5) is 13.2 Å². The number of carbonyl (C=O) groups is 1. The minimum Gasteiger partial charge on any atom is -0.325 e. The Balaban J connectivity index is 2.25. The lowest BCUT2D eigenvalue weighted by molar-refractivity contribution is -0.147. The molecule has 0 saturated heterocycles. The van der Waals surface area contributed by atoms with E-state index in [9.17, 15) is 18.0 Å². The van der Waals surface area contributed by atoms with Crippen LogP contribution in [0.5, 0.6) is 0 Å². The molecule has 0 aromatic carbocycles. The van der Waals surface area contributed by atoms with Gasteiger partial charge in [-0.25, -0.2) is 4.98 Å². The van der Waals surface area contributed by atoms with Gasteiger partial charge in [0.15, 0.2) is 0 Å². The Hall–Kier alpha value is -2.10. The summed E-state index contributed by atoms with van der Waals surface area (Å²) in [7, 11) is 0. The molecule has 0 spiro atoms. The zero-order chi connectivity index (χ0) is 15.6. The normalized spacial score (nSPS) is 15.2. The maximum Gasteiger partial charge on any atom is 0.406 e. The van der Waals surface area contributed by atoms with Crippen molar-refractivity contribution >= 4 is 5.91 Å². The van der Waals surface area contributed by atoms with Crippen LogP contribution in [0.2, 0.25) is 0 Å². The zero-order valence-corrected chi connectivity index (χ0v) is 11.4. The Morgan fingerprint density at radius 3 is 2.57 bits per heavy atom. The zero-order valence-electron chi connectivity index (χ0n) is 11.4. The third kappa shape index (κ3) is 3.51. The predicted molar refractivity (Wildman–Crippen MR) is 68.4 cm³/mol. The number of halogens is 3. The third-order valence-corrected chi connectivity index (χ3v) is 3.55. The lowest BCUT2D eigenvalue weighted by Crippen LogP contribution is -2.48. The van der Waals surface area contributed by atoms with E-state index in [0.29, 0.717) is 24.1 Å². The highest BCUT2D eigenvalue weighted by Crippen LogP contribution is 2.29. The van der Waals surface area contributed by atoms with Crippen LogP contribution in [0, 0.1) is 18.3 Å². The highest BCUT2D eigenvalue weighted by atomic mass is 19.4. The second-order valence-corrected chi connectivity index (χ2v) is 5.07.